The maximum atomic E-state index is 14.2. The number of nitrogens with zero attached hydrogens (tertiary/aromatic N) is 3. The average molecular weight is 1090 g/mol. The molecule has 0 radical (unpaired) electrons. The fourth-order valence-corrected chi connectivity index (χ4v) is 9.25. The summed E-state index contributed by atoms with van der Waals surface area (Å²) >= 11 is 0. The zero-order chi connectivity index (χ0) is 59.2. The number of hydrogen-bond donors (Lipinski definition) is 9. The van der Waals surface area contributed by atoms with Crippen LogP contribution in [0.25, 0.3) is 0 Å². The second kappa shape index (κ2) is 33.4. The first-order valence-electron chi connectivity index (χ1n) is 27.7. The minimum Gasteiger partial charge on any atom is -0.391 e. The van der Waals surface area contributed by atoms with Crippen LogP contribution in [0.4, 0.5) is 0 Å². The van der Waals surface area contributed by atoms with Gasteiger partial charge in [0.1, 0.15) is 48.3 Å². The maximum Gasteiger partial charge on any atom is 0.245 e. The first-order chi connectivity index (χ1) is 35.9. The van der Waals surface area contributed by atoms with Gasteiger partial charge in [-0.05, 0) is 62.2 Å². The summed E-state index contributed by atoms with van der Waals surface area (Å²) in [6.45, 7) is 23.9. The molecule has 0 unspecified atom stereocenters. The van der Waals surface area contributed by atoms with Gasteiger partial charge in [0, 0.05) is 60.0 Å². The Hall–Kier alpha value is -5.87. The molecule has 0 aliphatic carbocycles. The van der Waals surface area contributed by atoms with Crippen LogP contribution in [0.15, 0.2) is 0 Å². The summed E-state index contributed by atoms with van der Waals surface area (Å²) in [7, 11) is 4.32. The van der Waals surface area contributed by atoms with Gasteiger partial charge >= 0.3 is 0 Å². The predicted octanol–water partition coefficient (Wildman–Crippen LogP) is 0.711. The van der Waals surface area contributed by atoms with E-state index in [4.69, 9.17) is 0 Å². The number of aliphatic hydroxyl groups excluding tert-OH is 1. The van der Waals surface area contributed by atoms with Crippen molar-refractivity contribution in [2.45, 2.75) is 203 Å². The Morgan fingerprint density at radius 3 is 1.19 bits per heavy atom. The van der Waals surface area contributed by atoms with E-state index in [9.17, 15) is 57.8 Å². The van der Waals surface area contributed by atoms with Crippen LogP contribution in [-0.4, -0.2) is 180 Å². The van der Waals surface area contributed by atoms with Crippen LogP contribution < -0.4 is 42.5 Å². The number of amides is 11. The van der Waals surface area contributed by atoms with E-state index in [1.54, 1.807) is 34.6 Å². The monoisotopic (exact) mass is 1090 g/mol. The van der Waals surface area contributed by atoms with Crippen LogP contribution in [0, 0.1) is 35.5 Å². The lowest BCUT2D eigenvalue weighted by molar-refractivity contribution is -0.145. The highest BCUT2D eigenvalue weighted by molar-refractivity contribution is 5.97. The minimum absolute atomic E-state index is 0.0816. The molecule has 0 aromatic carbocycles. The molecular weight excluding hydrogens is 995 g/mol. The third-order valence-corrected chi connectivity index (χ3v) is 14.3. The Balaban J connectivity index is 3.76. The highest BCUT2D eigenvalue weighted by atomic mass is 16.3. The van der Waals surface area contributed by atoms with Gasteiger partial charge < -0.3 is 62.3 Å². The summed E-state index contributed by atoms with van der Waals surface area (Å²) in [5.74, 6) is -8.66. The summed E-state index contributed by atoms with van der Waals surface area (Å²) in [5.41, 5.74) is 0. The first-order valence-corrected chi connectivity index (χ1v) is 27.7. The largest absolute Gasteiger partial charge is 0.391 e. The summed E-state index contributed by atoms with van der Waals surface area (Å²) in [6.07, 6.45) is -0.438. The summed E-state index contributed by atoms with van der Waals surface area (Å²) in [5, 5.41) is 32.3. The smallest absolute Gasteiger partial charge is 0.245 e. The molecule has 23 nitrogen and oxygen atoms in total. The molecule has 9 N–H and O–H groups in total. The maximum absolute atomic E-state index is 14.2. The van der Waals surface area contributed by atoms with E-state index in [0.717, 1.165) is 0 Å². The molecule has 77 heavy (non-hydrogen) atoms. The number of nitrogens with one attached hydrogen (secondary N) is 8. The van der Waals surface area contributed by atoms with Crippen molar-refractivity contribution in [1.82, 2.24) is 57.2 Å². The van der Waals surface area contributed by atoms with Crippen molar-refractivity contribution in [2.75, 3.05) is 40.8 Å². The van der Waals surface area contributed by atoms with E-state index in [-0.39, 0.29) is 75.4 Å². The number of likely N-dealkylation sites (N-methyl/N-ethyl adjacent to an activating group) is 3. The van der Waals surface area contributed by atoms with Crippen LogP contribution in [0.5, 0.6) is 0 Å². The molecule has 440 valence electrons. The van der Waals surface area contributed by atoms with Gasteiger partial charge in [0.25, 0.3) is 0 Å². The van der Waals surface area contributed by atoms with Gasteiger partial charge in [-0.2, -0.15) is 0 Å². The van der Waals surface area contributed by atoms with E-state index in [0.29, 0.717) is 19.3 Å². The summed E-state index contributed by atoms with van der Waals surface area (Å²) < 4.78 is 0. The fraction of sp³-hybridized carbons (Fsp3) is 0.796. The molecule has 1 rings (SSSR count). The Morgan fingerprint density at radius 2 is 0.805 bits per heavy atom. The third-order valence-electron chi connectivity index (χ3n) is 14.3. The van der Waals surface area contributed by atoms with Gasteiger partial charge in [0.05, 0.1) is 6.10 Å². The molecule has 12 atom stereocenters. The van der Waals surface area contributed by atoms with Crippen LogP contribution in [-0.2, 0) is 52.7 Å². The topological polar surface area (TPSA) is 314 Å². The number of rotatable bonds is 12. The number of hydrogen-bond acceptors (Lipinski definition) is 12. The molecule has 0 bridgehead atoms. The lowest BCUT2D eigenvalue weighted by Crippen LogP contribution is -2.61. The summed E-state index contributed by atoms with van der Waals surface area (Å²) in [4.78, 5) is 156. The first kappa shape index (κ1) is 69.1. The zero-order valence-electron chi connectivity index (χ0n) is 49.2. The molecule has 23 heteroatoms. The Kier molecular flexibility index (Phi) is 30.0. The van der Waals surface area contributed by atoms with Gasteiger partial charge in [-0.1, -0.05) is 102 Å². The van der Waals surface area contributed by atoms with Crippen LogP contribution >= 0.6 is 0 Å². The summed E-state index contributed by atoms with van der Waals surface area (Å²) in [6, 6.07) is -9.12. The normalized spacial score (nSPS) is 26.9. The molecule has 0 aromatic heterocycles. The van der Waals surface area contributed by atoms with E-state index in [1.165, 1.54) is 49.7 Å². The second-order valence-corrected chi connectivity index (χ2v) is 22.2. The lowest BCUT2D eigenvalue weighted by Gasteiger charge is -2.35. The molecule has 0 aromatic rings. The average Bonchev–Trinajstić information content (AvgIpc) is 3.34. The number of carbonyl (C=O) groups is 11. The third kappa shape index (κ3) is 21.8. The van der Waals surface area contributed by atoms with Crippen molar-refractivity contribution in [3.05, 3.63) is 0 Å². The van der Waals surface area contributed by atoms with Gasteiger partial charge in [-0.15, -0.1) is 0 Å². The minimum atomic E-state index is -1.51. The Morgan fingerprint density at radius 1 is 0.442 bits per heavy atom. The van der Waals surface area contributed by atoms with Gasteiger partial charge in [-0.3, -0.25) is 52.7 Å². The van der Waals surface area contributed by atoms with E-state index in [1.807, 2.05) is 48.5 Å². The van der Waals surface area contributed by atoms with Crippen LogP contribution in [0.2, 0.25) is 0 Å². The zero-order valence-corrected chi connectivity index (χ0v) is 49.2. The van der Waals surface area contributed by atoms with Crippen molar-refractivity contribution in [3.8, 4) is 0 Å². The van der Waals surface area contributed by atoms with Gasteiger partial charge in [-0.25, -0.2) is 0 Å². The van der Waals surface area contributed by atoms with Crippen molar-refractivity contribution in [3.63, 3.8) is 0 Å². The standard InChI is InChI=1S/C54H97N11O12/c1-18-32(10)42-54(77)63(15)44(31(8)9)50(73)58-35(13)47(70)55-24-21-39(67)60-38(28-30(6)7)53(76)65(17)46(34(12)20-3)51(74)62-43(36(14)66)48(71)56-25-22-40(68)59-37(27-29(4)5)52(75)64(16)45(33(11)19-2)49(72)57-26-23-41(69)61-42/h29-38,42-46,66H,18-28H2,1-17H3,(H,55,70)(H,56,71)(H,57,72)(H,58,73)(H,59,68)(H,60,67)(H,61,69)(H,62,74)/t32-,33-,34-,35-,36+,37+,38+,42+,43-,44-,45-,46+/m0/s1. The number of aliphatic hydroxyl groups is 1. The van der Waals surface area contributed by atoms with E-state index < -0.39 is 131 Å². The molecule has 1 aliphatic heterocycles. The molecule has 1 fully saturated rings. The van der Waals surface area contributed by atoms with Crippen LogP contribution in [0.1, 0.15) is 148 Å². The van der Waals surface area contributed by atoms with Gasteiger partial charge in [0.15, 0.2) is 0 Å². The second-order valence-electron chi connectivity index (χ2n) is 22.2. The molecule has 0 saturated carbocycles. The number of carbonyl (C=O) groups excluding carboxylic acids is 11. The quantitative estimate of drug-likeness (QED) is 0.131. The highest BCUT2D eigenvalue weighted by Gasteiger charge is 2.40. The predicted molar refractivity (Wildman–Crippen MR) is 292 cm³/mol. The van der Waals surface area contributed by atoms with E-state index >= 15 is 0 Å². The van der Waals surface area contributed by atoms with E-state index in [2.05, 4.69) is 42.5 Å². The molecule has 1 heterocycles. The van der Waals surface area contributed by atoms with Crippen LogP contribution in [0.3, 0.4) is 0 Å². The van der Waals surface area contributed by atoms with Crippen molar-refractivity contribution < 1.29 is 57.8 Å². The molecular formula is C54H97N11O12. The molecule has 1 saturated heterocycles. The van der Waals surface area contributed by atoms with Gasteiger partial charge in [0.2, 0.25) is 65.0 Å². The van der Waals surface area contributed by atoms with Crippen molar-refractivity contribution >= 4 is 65.0 Å². The SMILES string of the molecule is CC[C@H](C)[C@H]1C(=O)NCCC(=O)N[C@H]([C@@H](C)CC)C(=O)N(C)[C@@H](C(C)C)C(=O)N[C@@H](C)C(=O)NCCC(=O)N[C@H](CC(C)C)C(=O)N(C)[C@H]([C@@H](C)CC)C(=O)N[C@@H]([C@@H](C)O)C(=O)NCCC(=O)N[C@H](CC(C)C)C(=O)N1C. The Bertz CT molecular complexity index is 2020. The fourth-order valence-electron chi connectivity index (χ4n) is 9.25. The Labute approximate surface area is 457 Å². The highest BCUT2D eigenvalue weighted by Crippen LogP contribution is 2.21. The van der Waals surface area contributed by atoms with Crippen molar-refractivity contribution in [1.29, 1.82) is 0 Å². The molecule has 0 spiro atoms. The van der Waals surface area contributed by atoms with Crippen molar-refractivity contribution in [2.24, 2.45) is 35.5 Å². The molecule has 1 aliphatic rings. The lowest BCUT2D eigenvalue weighted by atomic mass is 9.94. The molecule has 11 amide bonds.